The smallest absolute Gasteiger partial charge is 0.307 e. The summed E-state index contributed by atoms with van der Waals surface area (Å²) < 4.78 is 0. The van der Waals surface area contributed by atoms with Crippen LogP contribution in [0.4, 0.5) is 16.2 Å². The number of hydrogen-bond donors (Lipinski definition) is 1. The maximum atomic E-state index is 13.0. The maximum absolute atomic E-state index is 13.0. The lowest BCUT2D eigenvalue weighted by Crippen LogP contribution is -2.35. The third-order valence-electron chi connectivity index (χ3n) is 4.33. The number of para-hydroxylation sites is 1. The van der Waals surface area contributed by atoms with E-state index in [1.54, 1.807) is 23.4 Å². The van der Waals surface area contributed by atoms with Gasteiger partial charge in [-0.15, -0.1) is 6.58 Å². The van der Waals surface area contributed by atoms with E-state index < -0.39 is 0 Å². The van der Waals surface area contributed by atoms with Crippen molar-refractivity contribution >= 4 is 39.2 Å². The molecule has 1 N–H and O–H groups in total. The molecule has 2 aromatic carbocycles. The van der Waals surface area contributed by atoms with Gasteiger partial charge in [0.25, 0.3) is 0 Å². The van der Waals surface area contributed by atoms with E-state index in [0.717, 1.165) is 27.5 Å². The molecule has 0 radical (unpaired) electrons. The fourth-order valence-electron chi connectivity index (χ4n) is 3.11. The van der Waals surface area contributed by atoms with Crippen LogP contribution in [0.5, 0.6) is 0 Å². The van der Waals surface area contributed by atoms with Crippen LogP contribution in [0.25, 0.3) is 21.8 Å². The molecular weight excluding hydrogens is 336 g/mol. The minimum atomic E-state index is -0.227. The lowest BCUT2D eigenvalue weighted by atomic mass is 10.1. The van der Waals surface area contributed by atoms with Gasteiger partial charge < -0.3 is 5.32 Å². The van der Waals surface area contributed by atoms with Crippen LogP contribution in [0.15, 0.2) is 85.7 Å². The molecule has 0 aliphatic rings. The summed E-state index contributed by atoms with van der Waals surface area (Å²) in [5.41, 5.74) is 3.09. The topological polar surface area (TPSA) is 58.1 Å². The van der Waals surface area contributed by atoms with Crippen molar-refractivity contribution in [1.82, 2.24) is 9.97 Å². The van der Waals surface area contributed by atoms with Crippen LogP contribution in [0, 0.1) is 0 Å². The Morgan fingerprint density at radius 2 is 1.74 bits per heavy atom. The second-order valence-corrected chi connectivity index (χ2v) is 6.06. The largest absolute Gasteiger partial charge is 0.326 e. The number of urea groups is 1. The van der Waals surface area contributed by atoms with Gasteiger partial charge in [0.2, 0.25) is 0 Å². The lowest BCUT2D eigenvalue weighted by molar-refractivity contribution is 0.257. The molecule has 0 fully saturated rings. The van der Waals surface area contributed by atoms with Crippen molar-refractivity contribution in [2.45, 2.75) is 0 Å². The number of nitrogens with one attached hydrogen (secondary N) is 1. The van der Waals surface area contributed by atoms with Crippen molar-refractivity contribution in [3.05, 3.63) is 85.7 Å². The average molecular weight is 354 g/mol. The van der Waals surface area contributed by atoms with Crippen LogP contribution >= 0.6 is 0 Å². The predicted molar refractivity (Wildman–Crippen MR) is 110 cm³/mol. The van der Waals surface area contributed by atoms with E-state index in [0.29, 0.717) is 12.2 Å². The molecule has 4 aromatic rings. The Morgan fingerprint density at radius 3 is 2.52 bits per heavy atom. The highest BCUT2D eigenvalue weighted by Crippen LogP contribution is 2.29. The second-order valence-electron chi connectivity index (χ2n) is 6.06. The first kappa shape index (κ1) is 16.7. The monoisotopic (exact) mass is 354 g/mol. The van der Waals surface area contributed by atoms with Gasteiger partial charge in [-0.2, -0.15) is 0 Å². The molecule has 0 spiro atoms. The molecule has 4 rings (SSSR count). The molecule has 2 aromatic heterocycles. The first-order valence-corrected chi connectivity index (χ1v) is 8.65. The number of pyridine rings is 2. The molecule has 5 heteroatoms. The van der Waals surface area contributed by atoms with Crippen LogP contribution in [-0.2, 0) is 0 Å². The van der Waals surface area contributed by atoms with E-state index >= 15 is 0 Å². The van der Waals surface area contributed by atoms with Crippen LogP contribution in [0.1, 0.15) is 0 Å². The predicted octanol–water partition coefficient (Wildman–Crippen LogP) is 5.01. The molecule has 2 heterocycles. The Hall–Kier alpha value is -3.73. The van der Waals surface area contributed by atoms with E-state index in [4.69, 9.17) is 0 Å². The Morgan fingerprint density at radius 1 is 1.00 bits per heavy atom. The summed E-state index contributed by atoms with van der Waals surface area (Å²) in [6.07, 6.45) is 5.18. The van der Waals surface area contributed by atoms with Crippen molar-refractivity contribution in [3.63, 3.8) is 0 Å². The number of hydrogen-bond acceptors (Lipinski definition) is 3. The summed E-state index contributed by atoms with van der Waals surface area (Å²) in [6, 6.07) is 18.8. The molecule has 0 saturated carbocycles. The zero-order valence-corrected chi connectivity index (χ0v) is 14.7. The van der Waals surface area contributed by atoms with E-state index in [1.807, 2.05) is 60.7 Å². The fourth-order valence-corrected chi connectivity index (χ4v) is 3.11. The van der Waals surface area contributed by atoms with Gasteiger partial charge in [0.1, 0.15) is 0 Å². The standard InChI is InChI=1S/C22H18N4O/c1-2-14-26(17-9-4-3-5-10-17)22(27)25-19-15-16-8-6-12-23-20(16)21-18(19)11-7-13-24-21/h2-13,15H,1,14H2,(H,25,27). The number of benzene rings is 2. The van der Waals surface area contributed by atoms with Gasteiger partial charge in [0, 0.05) is 35.4 Å². The molecule has 0 atom stereocenters. The second kappa shape index (κ2) is 7.25. The van der Waals surface area contributed by atoms with Crippen molar-refractivity contribution in [2.24, 2.45) is 0 Å². The molecular formula is C22H18N4O. The van der Waals surface area contributed by atoms with Crippen molar-refractivity contribution in [1.29, 1.82) is 0 Å². The van der Waals surface area contributed by atoms with Crippen molar-refractivity contribution in [2.75, 3.05) is 16.8 Å². The SMILES string of the molecule is C=CCN(C(=O)Nc1cc2cccnc2c2ncccc12)c1ccccc1. The van der Waals surface area contributed by atoms with Crippen LogP contribution in [0.3, 0.4) is 0 Å². The zero-order valence-electron chi connectivity index (χ0n) is 14.7. The molecule has 5 nitrogen and oxygen atoms in total. The number of aromatic nitrogens is 2. The average Bonchev–Trinajstić information content (AvgIpc) is 2.72. The van der Waals surface area contributed by atoms with E-state index in [2.05, 4.69) is 21.9 Å². The quantitative estimate of drug-likeness (QED) is 0.414. The van der Waals surface area contributed by atoms with Gasteiger partial charge in [-0.1, -0.05) is 30.3 Å². The Kier molecular flexibility index (Phi) is 4.49. The van der Waals surface area contributed by atoms with Gasteiger partial charge in [-0.25, -0.2) is 4.79 Å². The Balaban J connectivity index is 1.77. The lowest BCUT2D eigenvalue weighted by Gasteiger charge is -2.22. The first-order valence-electron chi connectivity index (χ1n) is 8.65. The first-order chi connectivity index (χ1) is 13.3. The fraction of sp³-hybridized carbons (Fsp3) is 0.0455. The Bertz CT molecular complexity index is 1120. The van der Waals surface area contributed by atoms with Crippen LogP contribution < -0.4 is 10.2 Å². The third kappa shape index (κ3) is 3.22. The number of fused-ring (bicyclic) bond motifs is 3. The minimum Gasteiger partial charge on any atom is -0.307 e. The third-order valence-corrected chi connectivity index (χ3v) is 4.33. The molecule has 132 valence electrons. The van der Waals surface area contributed by atoms with E-state index in [-0.39, 0.29) is 6.03 Å². The highest BCUT2D eigenvalue weighted by Gasteiger charge is 2.16. The Labute approximate surface area is 157 Å². The summed E-state index contributed by atoms with van der Waals surface area (Å²) in [6.45, 7) is 4.17. The summed E-state index contributed by atoms with van der Waals surface area (Å²) in [4.78, 5) is 23.6. The molecule has 0 aliphatic carbocycles. The number of nitrogens with zero attached hydrogens (tertiary/aromatic N) is 3. The number of carbonyl (C=O) groups excluding carboxylic acids is 1. The van der Waals surface area contributed by atoms with Gasteiger partial charge >= 0.3 is 6.03 Å². The summed E-state index contributed by atoms with van der Waals surface area (Å²) in [5, 5.41) is 4.81. The van der Waals surface area contributed by atoms with Gasteiger partial charge in [0.05, 0.1) is 16.7 Å². The summed E-state index contributed by atoms with van der Waals surface area (Å²) in [5.74, 6) is 0. The maximum Gasteiger partial charge on any atom is 0.326 e. The molecule has 0 aliphatic heterocycles. The van der Waals surface area contributed by atoms with Crippen molar-refractivity contribution in [3.8, 4) is 0 Å². The molecule has 0 bridgehead atoms. The molecule has 2 amide bonds. The van der Waals surface area contributed by atoms with Gasteiger partial charge in [-0.3, -0.25) is 14.9 Å². The van der Waals surface area contributed by atoms with Gasteiger partial charge in [-0.05, 0) is 36.4 Å². The highest BCUT2D eigenvalue weighted by atomic mass is 16.2. The van der Waals surface area contributed by atoms with Crippen molar-refractivity contribution < 1.29 is 4.79 Å². The molecule has 0 unspecified atom stereocenters. The van der Waals surface area contributed by atoms with E-state index in [1.165, 1.54) is 0 Å². The van der Waals surface area contributed by atoms with Gasteiger partial charge in [0.15, 0.2) is 0 Å². The normalized spacial score (nSPS) is 10.7. The number of anilines is 2. The summed E-state index contributed by atoms with van der Waals surface area (Å²) in [7, 11) is 0. The van der Waals surface area contributed by atoms with Crippen LogP contribution in [0.2, 0.25) is 0 Å². The summed E-state index contributed by atoms with van der Waals surface area (Å²) >= 11 is 0. The number of amides is 2. The molecule has 0 saturated heterocycles. The molecule has 27 heavy (non-hydrogen) atoms. The number of carbonyl (C=O) groups is 1. The van der Waals surface area contributed by atoms with Crippen LogP contribution in [-0.4, -0.2) is 22.5 Å². The van der Waals surface area contributed by atoms with E-state index in [9.17, 15) is 4.79 Å². The minimum absolute atomic E-state index is 0.227. The highest BCUT2D eigenvalue weighted by molar-refractivity contribution is 6.13. The zero-order chi connectivity index (χ0) is 18.6. The number of rotatable bonds is 4.